The Balaban J connectivity index is 2.29. The molecule has 1 aliphatic heterocycles. The monoisotopic (exact) mass is 280 g/mol. The predicted molar refractivity (Wildman–Crippen MR) is 72.0 cm³/mol. The minimum Gasteiger partial charge on any atom is -0.324 e. The molecule has 0 aliphatic carbocycles. The van der Waals surface area contributed by atoms with E-state index in [1.165, 1.54) is 0 Å². The molecule has 7 nitrogen and oxygen atoms in total. The summed E-state index contributed by atoms with van der Waals surface area (Å²) in [6.45, 7) is 7.54. The van der Waals surface area contributed by atoms with Crippen LogP contribution >= 0.6 is 7.60 Å². The van der Waals surface area contributed by atoms with Gasteiger partial charge in [-0.15, -0.1) is 0 Å². The predicted octanol–water partition coefficient (Wildman–Crippen LogP) is -1.75. The van der Waals surface area contributed by atoms with Gasteiger partial charge in [-0.1, -0.05) is 0 Å². The largest absolute Gasteiger partial charge is 0.326 e. The van der Waals surface area contributed by atoms with E-state index in [-0.39, 0.29) is 6.16 Å². The zero-order valence-corrected chi connectivity index (χ0v) is 11.7. The van der Waals surface area contributed by atoms with E-state index in [9.17, 15) is 4.57 Å². The lowest BCUT2D eigenvalue weighted by Crippen LogP contribution is -2.42. The summed E-state index contributed by atoms with van der Waals surface area (Å²) >= 11 is 0. The maximum atomic E-state index is 10.9. The Kier molecular flexibility index (Phi) is 8.01. The van der Waals surface area contributed by atoms with E-state index in [0.29, 0.717) is 6.54 Å². The minimum absolute atomic E-state index is 0.0610. The fourth-order valence-electron chi connectivity index (χ4n) is 1.81. The van der Waals surface area contributed by atoms with E-state index in [2.05, 4.69) is 20.9 Å². The van der Waals surface area contributed by atoms with E-state index >= 15 is 0 Å². The van der Waals surface area contributed by atoms with E-state index in [1.807, 2.05) is 0 Å². The zero-order chi connectivity index (χ0) is 13.3. The first-order valence-electron chi connectivity index (χ1n) is 6.47. The average Bonchev–Trinajstić information content (AvgIpc) is 2.27. The molecule has 0 unspecified atom stereocenters. The molecule has 0 bridgehead atoms. The lowest BCUT2D eigenvalue weighted by Gasteiger charge is -2.23. The number of hydrogen-bond donors (Lipinski definition) is 5. The van der Waals surface area contributed by atoms with Crippen LogP contribution in [0, 0.1) is 0 Å². The van der Waals surface area contributed by atoms with E-state index in [1.54, 1.807) is 0 Å². The van der Waals surface area contributed by atoms with Gasteiger partial charge in [0, 0.05) is 58.9 Å². The Morgan fingerprint density at radius 3 is 1.78 bits per heavy atom. The van der Waals surface area contributed by atoms with Crippen molar-refractivity contribution < 1.29 is 14.4 Å². The summed E-state index contributed by atoms with van der Waals surface area (Å²) in [5.41, 5.74) is 0. The highest BCUT2D eigenvalue weighted by atomic mass is 31.2. The number of nitrogens with one attached hydrogen (secondary N) is 3. The first-order chi connectivity index (χ1) is 8.58. The highest BCUT2D eigenvalue weighted by Gasteiger charge is 2.15. The van der Waals surface area contributed by atoms with Gasteiger partial charge in [-0.05, 0) is 0 Å². The molecule has 0 aromatic heterocycles. The van der Waals surface area contributed by atoms with Crippen LogP contribution in [0.25, 0.3) is 0 Å². The molecule has 1 aliphatic rings. The van der Waals surface area contributed by atoms with Crippen LogP contribution in [0.3, 0.4) is 0 Å². The smallest absolute Gasteiger partial charge is 0.324 e. The van der Waals surface area contributed by atoms with Crippen LogP contribution in [0.4, 0.5) is 0 Å². The molecule has 0 aromatic rings. The van der Waals surface area contributed by atoms with Crippen LogP contribution in [0.1, 0.15) is 0 Å². The summed E-state index contributed by atoms with van der Waals surface area (Å²) < 4.78 is 10.9. The molecule has 1 fully saturated rings. The van der Waals surface area contributed by atoms with Crippen molar-refractivity contribution in [1.82, 2.24) is 20.9 Å². The first kappa shape index (κ1) is 16.0. The van der Waals surface area contributed by atoms with Gasteiger partial charge in [0.25, 0.3) is 0 Å². The van der Waals surface area contributed by atoms with Crippen molar-refractivity contribution in [3.8, 4) is 0 Å². The standard InChI is InChI=1S/C10H25N4O3P/c15-18(16,17)10-9-14-7-5-12-3-1-11-2-4-13-6-8-14/h11-13H,1-10H2,(H2,15,16,17). The first-order valence-corrected chi connectivity index (χ1v) is 8.27. The molecule has 0 saturated carbocycles. The summed E-state index contributed by atoms with van der Waals surface area (Å²) in [5, 5.41) is 9.94. The van der Waals surface area contributed by atoms with Crippen molar-refractivity contribution in [1.29, 1.82) is 0 Å². The molecule has 5 N–H and O–H groups in total. The molecule has 0 atom stereocenters. The Hall–Kier alpha value is -0.0100. The Morgan fingerprint density at radius 1 is 0.889 bits per heavy atom. The molecule has 8 heteroatoms. The molecular weight excluding hydrogens is 255 g/mol. The van der Waals surface area contributed by atoms with Crippen molar-refractivity contribution in [2.45, 2.75) is 0 Å². The van der Waals surface area contributed by atoms with Gasteiger partial charge in [-0.3, -0.25) is 4.57 Å². The fraction of sp³-hybridized carbons (Fsp3) is 1.00. The lowest BCUT2D eigenvalue weighted by atomic mass is 10.4. The van der Waals surface area contributed by atoms with E-state index < -0.39 is 7.60 Å². The van der Waals surface area contributed by atoms with Crippen molar-refractivity contribution in [2.75, 3.05) is 65.1 Å². The molecule has 0 amide bonds. The summed E-state index contributed by atoms with van der Waals surface area (Å²) in [4.78, 5) is 19.9. The molecule has 1 heterocycles. The second-order valence-electron chi connectivity index (χ2n) is 4.48. The van der Waals surface area contributed by atoms with Crippen LogP contribution in [-0.4, -0.2) is 79.8 Å². The molecular formula is C10H25N4O3P. The number of hydrogen-bond acceptors (Lipinski definition) is 5. The van der Waals surface area contributed by atoms with Crippen molar-refractivity contribution in [2.24, 2.45) is 0 Å². The van der Waals surface area contributed by atoms with Crippen LogP contribution in [-0.2, 0) is 4.57 Å². The summed E-state index contributed by atoms with van der Waals surface area (Å²) in [6, 6.07) is 0. The summed E-state index contributed by atoms with van der Waals surface area (Å²) in [5.74, 6) is 0. The van der Waals surface area contributed by atoms with Gasteiger partial charge in [0.1, 0.15) is 0 Å². The second kappa shape index (κ2) is 8.98. The van der Waals surface area contributed by atoms with Gasteiger partial charge in [0.2, 0.25) is 0 Å². The highest BCUT2D eigenvalue weighted by molar-refractivity contribution is 7.51. The lowest BCUT2D eigenvalue weighted by molar-refractivity contribution is 0.276. The summed E-state index contributed by atoms with van der Waals surface area (Å²) in [6.07, 6.45) is -0.0610. The van der Waals surface area contributed by atoms with Gasteiger partial charge in [0.05, 0.1) is 6.16 Å². The van der Waals surface area contributed by atoms with Gasteiger partial charge >= 0.3 is 7.60 Å². The van der Waals surface area contributed by atoms with Gasteiger partial charge in [-0.2, -0.15) is 0 Å². The van der Waals surface area contributed by atoms with Gasteiger partial charge in [0.15, 0.2) is 0 Å². The molecule has 1 saturated heterocycles. The third kappa shape index (κ3) is 8.99. The quantitative estimate of drug-likeness (QED) is 0.391. The van der Waals surface area contributed by atoms with Gasteiger partial charge in [-0.25, -0.2) is 0 Å². The zero-order valence-electron chi connectivity index (χ0n) is 10.8. The normalized spacial score (nSPS) is 22.1. The van der Waals surface area contributed by atoms with Crippen LogP contribution in [0.15, 0.2) is 0 Å². The van der Waals surface area contributed by atoms with Crippen LogP contribution in [0.2, 0.25) is 0 Å². The fourth-order valence-corrected chi connectivity index (χ4v) is 2.35. The van der Waals surface area contributed by atoms with Crippen LogP contribution < -0.4 is 16.0 Å². The molecule has 18 heavy (non-hydrogen) atoms. The third-order valence-corrected chi connectivity index (χ3v) is 3.66. The summed E-state index contributed by atoms with van der Waals surface area (Å²) in [7, 11) is -3.88. The maximum Gasteiger partial charge on any atom is 0.326 e. The minimum atomic E-state index is -3.88. The third-order valence-electron chi connectivity index (χ3n) is 2.87. The topological polar surface area (TPSA) is 96.9 Å². The molecule has 0 radical (unpaired) electrons. The number of nitrogens with zero attached hydrogens (tertiary/aromatic N) is 1. The Morgan fingerprint density at radius 2 is 1.33 bits per heavy atom. The SMILES string of the molecule is O=P(O)(O)CCN1CCNCCNCCNCC1. The highest BCUT2D eigenvalue weighted by Crippen LogP contribution is 2.33. The van der Waals surface area contributed by atoms with Crippen molar-refractivity contribution >= 4 is 7.60 Å². The van der Waals surface area contributed by atoms with Crippen molar-refractivity contribution in [3.63, 3.8) is 0 Å². The Bertz CT molecular complexity index is 250. The van der Waals surface area contributed by atoms with Crippen LogP contribution in [0.5, 0.6) is 0 Å². The molecule has 0 aromatic carbocycles. The van der Waals surface area contributed by atoms with E-state index in [4.69, 9.17) is 9.79 Å². The average molecular weight is 280 g/mol. The molecule has 108 valence electrons. The van der Waals surface area contributed by atoms with Gasteiger partial charge < -0.3 is 30.6 Å². The van der Waals surface area contributed by atoms with Crippen molar-refractivity contribution in [3.05, 3.63) is 0 Å². The molecule has 1 rings (SSSR count). The second-order valence-corrected chi connectivity index (χ2v) is 6.26. The number of rotatable bonds is 3. The van der Waals surface area contributed by atoms with E-state index in [0.717, 1.165) is 52.4 Å². The Labute approximate surface area is 108 Å². The molecule has 0 spiro atoms. The maximum absolute atomic E-state index is 10.9.